The maximum atomic E-state index is 9.67. The summed E-state index contributed by atoms with van der Waals surface area (Å²) in [5.41, 5.74) is 0.332. The summed E-state index contributed by atoms with van der Waals surface area (Å²) in [6.07, 6.45) is 0.663. The van der Waals surface area contributed by atoms with Crippen molar-refractivity contribution in [2.45, 2.75) is 6.42 Å². The van der Waals surface area contributed by atoms with E-state index in [2.05, 4.69) is 10.1 Å². The van der Waals surface area contributed by atoms with Crippen molar-refractivity contribution in [3.05, 3.63) is 24.0 Å². The van der Waals surface area contributed by atoms with E-state index in [-0.39, 0.29) is 17.4 Å². The minimum absolute atomic E-state index is 0.00407. The van der Waals surface area contributed by atoms with Gasteiger partial charge in [-0.15, -0.1) is 0 Å². The quantitative estimate of drug-likeness (QED) is 0.793. The number of hydrogen-bond donors (Lipinski definition) is 2. The summed E-state index contributed by atoms with van der Waals surface area (Å²) in [4.78, 5) is 6.19. The summed E-state index contributed by atoms with van der Waals surface area (Å²) < 4.78 is 5.07. The van der Waals surface area contributed by atoms with Crippen LogP contribution in [-0.2, 0) is 6.42 Å². The second-order valence-electron chi connectivity index (χ2n) is 4.27. The van der Waals surface area contributed by atoms with Crippen LogP contribution in [-0.4, -0.2) is 45.9 Å². The van der Waals surface area contributed by atoms with Gasteiger partial charge in [-0.05, 0) is 32.3 Å². The molecule has 1 heterocycles. The maximum absolute atomic E-state index is 9.67. The van der Waals surface area contributed by atoms with Gasteiger partial charge in [-0.1, -0.05) is 5.16 Å². The van der Waals surface area contributed by atoms with Crippen LogP contribution in [0.4, 0.5) is 0 Å². The smallest absolute Gasteiger partial charge is 0.261 e. The first-order chi connectivity index (χ1) is 8.56. The monoisotopic (exact) mass is 249 g/mol. The minimum atomic E-state index is -0.00407. The molecule has 0 aliphatic rings. The van der Waals surface area contributed by atoms with Crippen LogP contribution >= 0.6 is 0 Å². The lowest BCUT2D eigenvalue weighted by atomic mass is 10.2. The van der Waals surface area contributed by atoms with E-state index in [0.717, 1.165) is 6.54 Å². The molecule has 0 aliphatic heterocycles. The lowest BCUT2D eigenvalue weighted by Crippen LogP contribution is -2.15. The number of likely N-dealkylation sites (N-methyl/N-ethyl adjacent to an activating group) is 1. The highest BCUT2D eigenvalue weighted by Crippen LogP contribution is 2.30. The molecule has 0 aliphatic carbocycles. The van der Waals surface area contributed by atoms with Crippen LogP contribution < -0.4 is 0 Å². The number of benzene rings is 1. The largest absolute Gasteiger partial charge is 0.508 e. The second kappa shape index (κ2) is 5.05. The molecule has 0 atom stereocenters. The van der Waals surface area contributed by atoms with Crippen LogP contribution in [0.25, 0.3) is 11.5 Å². The van der Waals surface area contributed by atoms with Crippen molar-refractivity contribution in [3.8, 4) is 23.0 Å². The van der Waals surface area contributed by atoms with Gasteiger partial charge < -0.3 is 19.6 Å². The van der Waals surface area contributed by atoms with E-state index in [1.807, 2.05) is 19.0 Å². The third-order valence-corrected chi connectivity index (χ3v) is 2.46. The number of phenols is 2. The molecule has 0 unspecified atom stereocenters. The molecule has 0 spiro atoms. The van der Waals surface area contributed by atoms with Crippen molar-refractivity contribution in [1.82, 2.24) is 15.0 Å². The van der Waals surface area contributed by atoms with Crippen molar-refractivity contribution >= 4 is 0 Å². The Morgan fingerprint density at radius 1 is 1.28 bits per heavy atom. The second-order valence-corrected chi connectivity index (χ2v) is 4.27. The van der Waals surface area contributed by atoms with Gasteiger partial charge in [0.2, 0.25) is 0 Å². The Bertz CT molecular complexity index is 537. The van der Waals surface area contributed by atoms with Crippen LogP contribution in [0, 0.1) is 0 Å². The average molecular weight is 249 g/mol. The van der Waals surface area contributed by atoms with Gasteiger partial charge in [0.1, 0.15) is 11.5 Å². The Morgan fingerprint density at radius 3 is 2.78 bits per heavy atom. The van der Waals surface area contributed by atoms with Crippen LogP contribution in [0.2, 0.25) is 0 Å². The first-order valence-electron chi connectivity index (χ1n) is 5.56. The zero-order valence-corrected chi connectivity index (χ0v) is 10.3. The van der Waals surface area contributed by atoms with Crippen molar-refractivity contribution in [1.29, 1.82) is 0 Å². The number of aromatic nitrogens is 2. The Balaban J connectivity index is 2.21. The lowest BCUT2D eigenvalue weighted by molar-refractivity contribution is 0.391. The molecule has 2 aromatic rings. The fourth-order valence-corrected chi connectivity index (χ4v) is 1.48. The predicted octanol–water partition coefficient (Wildman–Crippen LogP) is 1.25. The number of hydrogen-bond acceptors (Lipinski definition) is 6. The lowest BCUT2D eigenvalue weighted by Gasteiger charge is -2.05. The van der Waals surface area contributed by atoms with E-state index in [0.29, 0.717) is 17.8 Å². The molecule has 2 N–H and O–H groups in total. The van der Waals surface area contributed by atoms with E-state index in [1.54, 1.807) is 0 Å². The minimum Gasteiger partial charge on any atom is -0.508 e. The molecule has 1 aromatic carbocycles. The van der Waals surface area contributed by atoms with Gasteiger partial charge >= 0.3 is 0 Å². The van der Waals surface area contributed by atoms with E-state index in [4.69, 9.17) is 4.52 Å². The number of nitrogens with zero attached hydrogens (tertiary/aromatic N) is 3. The Labute approximate surface area is 104 Å². The zero-order valence-electron chi connectivity index (χ0n) is 10.3. The van der Waals surface area contributed by atoms with Gasteiger partial charge in [0, 0.05) is 13.0 Å². The highest BCUT2D eigenvalue weighted by molar-refractivity contribution is 5.64. The zero-order chi connectivity index (χ0) is 13.1. The Kier molecular flexibility index (Phi) is 3.47. The molecule has 0 amide bonds. The normalized spacial score (nSPS) is 11.1. The molecule has 18 heavy (non-hydrogen) atoms. The van der Waals surface area contributed by atoms with Gasteiger partial charge in [-0.2, -0.15) is 4.98 Å². The molecule has 1 aromatic heterocycles. The molecule has 0 fully saturated rings. The van der Waals surface area contributed by atoms with Crippen molar-refractivity contribution in [3.63, 3.8) is 0 Å². The standard InChI is InChI=1S/C12H15N3O3/c1-15(2)6-5-11-13-12(18-14-11)9-7-8(16)3-4-10(9)17/h3-4,7,16-17H,5-6H2,1-2H3. The molecule has 6 nitrogen and oxygen atoms in total. The third kappa shape index (κ3) is 2.78. The Hall–Kier alpha value is -2.08. The van der Waals surface area contributed by atoms with E-state index in [1.165, 1.54) is 18.2 Å². The molecule has 0 saturated carbocycles. The fourth-order valence-electron chi connectivity index (χ4n) is 1.48. The van der Waals surface area contributed by atoms with Gasteiger partial charge in [0.25, 0.3) is 5.89 Å². The maximum Gasteiger partial charge on any atom is 0.261 e. The summed E-state index contributed by atoms with van der Waals surface area (Å²) in [7, 11) is 3.92. The Morgan fingerprint density at radius 2 is 2.06 bits per heavy atom. The van der Waals surface area contributed by atoms with E-state index in [9.17, 15) is 10.2 Å². The van der Waals surface area contributed by atoms with Crippen molar-refractivity contribution < 1.29 is 14.7 Å². The van der Waals surface area contributed by atoms with Crippen LogP contribution in [0.15, 0.2) is 22.7 Å². The van der Waals surface area contributed by atoms with Gasteiger partial charge in [0.05, 0.1) is 5.56 Å². The van der Waals surface area contributed by atoms with Gasteiger partial charge in [0.15, 0.2) is 5.82 Å². The summed E-state index contributed by atoms with van der Waals surface area (Å²) in [6.45, 7) is 0.811. The molecule has 0 saturated heterocycles. The average Bonchev–Trinajstić information content (AvgIpc) is 2.78. The topological polar surface area (TPSA) is 82.6 Å². The molecule has 6 heteroatoms. The van der Waals surface area contributed by atoms with E-state index < -0.39 is 0 Å². The van der Waals surface area contributed by atoms with E-state index >= 15 is 0 Å². The summed E-state index contributed by atoms with van der Waals surface area (Å²) >= 11 is 0. The summed E-state index contributed by atoms with van der Waals surface area (Å²) in [6, 6.07) is 4.16. The molecular weight excluding hydrogens is 234 g/mol. The first kappa shape index (κ1) is 12.4. The molecular formula is C12H15N3O3. The molecule has 2 rings (SSSR count). The van der Waals surface area contributed by atoms with Crippen molar-refractivity contribution in [2.75, 3.05) is 20.6 Å². The molecule has 96 valence electrons. The van der Waals surface area contributed by atoms with Crippen LogP contribution in [0.3, 0.4) is 0 Å². The molecule has 0 bridgehead atoms. The number of aromatic hydroxyl groups is 2. The first-order valence-corrected chi connectivity index (χ1v) is 5.56. The number of phenolic OH excluding ortho intramolecular Hbond substituents is 2. The van der Waals surface area contributed by atoms with Gasteiger partial charge in [-0.25, -0.2) is 0 Å². The van der Waals surface area contributed by atoms with Crippen LogP contribution in [0.1, 0.15) is 5.82 Å². The summed E-state index contributed by atoms with van der Waals surface area (Å²) in [5, 5.41) is 22.9. The predicted molar refractivity (Wildman–Crippen MR) is 65.3 cm³/mol. The SMILES string of the molecule is CN(C)CCc1noc(-c2cc(O)ccc2O)n1. The highest BCUT2D eigenvalue weighted by atomic mass is 16.5. The van der Waals surface area contributed by atoms with Crippen LogP contribution in [0.5, 0.6) is 11.5 Å². The fraction of sp³-hybridized carbons (Fsp3) is 0.333. The molecule has 0 radical (unpaired) electrons. The summed E-state index contributed by atoms with van der Waals surface area (Å²) in [5.74, 6) is 0.810. The highest BCUT2D eigenvalue weighted by Gasteiger charge is 2.13. The van der Waals surface area contributed by atoms with Crippen molar-refractivity contribution in [2.24, 2.45) is 0 Å². The third-order valence-electron chi connectivity index (χ3n) is 2.46. The number of rotatable bonds is 4. The van der Waals surface area contributed by atoms with Gasteiger partial charge in [-0.3, -0.25) is 0 Å².